The Bertz CT molecular complexity index is 1360. The van der Waals surface area contributed by atoms with E-state index in [1.54, 1.807) is 41.7 Å². The van der Waals surface area contributed by atoms with Crippen molar-refractivity contribution in [1.82, 2.24) is 20.3 Å². The molecule has 0 saturated carbocycles. The molecule has 0 fully saturated rings. The van der Waals surface area contributed by atoms with E-state index in [1.165, 1.54) is 17.5 Å². The number of nitrogens with zero attached hydrogens (tertiary/aromatic N) is 4. The highest BCUT2D eigenvalue weighted by Crippen LogP contribution is 2.33. The molecule has 0 bridgehead atoms. The Labute approximate surface area is 208 Å². The van der Waals surface area contributed by atoms with Gasteiger partial charge in [0.25, 0.3) is 5.91 Å². The Hall–Kier alpha value is -3.03. The summed E-state index contributed by atoms with van der Waals surface area (Å²) in [7, 11) is 0. The molecule has 1 aromatic carbocycles. The number of hydrogen-bond donors (Lipinski definition) is 2. The second kappa shape index (κ2) is 9.85. The molecule has 1 unspecified atom stereocenters. The number of nitrogens with one attached hydrogen (secondary N) is 2. The van der Waals surface area contributed by atoms with Crippen molar-refractivity contribution in [2.75, 3.05) is 5.32 Å². The SMILES string of the molecule is Cc1nc(C)c(-c2csc(Nc3ccc(C(=O)NC(C#N)c4cccc(Cl)c4Cl)cn3)n2)s1. The fourth-order valence-electron chi connectivity index (χ4n) is 3.05. The monoisotopic (exact) mass is 514 g/mol. The molecule has 11 heteroatoms. The fourth-order valence-corrected chi connectivity index (χ4v) is 5.13. The van der Waals surface area contributed by atoms with Crippen molar-refractivity contribution in [3.05, 3.63) is 73.8 Å². The highest BCUT2D eigenvalue weighted by molar-refractivity contribution is 7.16. The molecule has 7 nitrogen and oxygen atoms in total. The minimum Gasteiger partial charge on any atom is -0.332 e. The molecule has 3 aromatic heterocycles. The van der Waals surface area contributed by atoms with E-state index in [0.29, 0.717) is 27.1 Å². The van der Waals surface area contributed by atoms with Crippen LogP contribution in [0.5, 0.6) is 0 Å². The van der Waals surface area contributed by atoms with Crippen molar-refractivity contribution < 1.29 is 4.79 Å². The molecule has 0 aliphatic carbocycles. The first-order chi connectivity index (χ1) is 15.9. The number of aromatic nitrogens is 3. The Balaban J connectivity index is 1.44. The zero-order valence-corrected chi connectivity index (χ0v) is 20.5. The van der Waals surface area contributed by atoms with Gasteiger partial charge in [-0.25, -0.2) is 15.0 Å². The van der Waals surface area contributed by atoms with Crippen LogP contribution in [0.4, 0.5) is 10.9 Å². The molecule has 0 spiro atoms. The number of amides is 1. The molecule has 4 rings (SSSR count). The van der Waals surface area contributed by atoms with Crippen molar-refractivity contribution in [3.63, 3.8) is 0 Å². The van der Waals surface area contributed by atoms with Crippen molar-refractivity contribution in [2.24, 2.45) is 0 Å². The smallest absolute Gasteiger partial charge is 0.254 e. The minimum absolute atomic E-state index is 0.232. The van der Waals surface area contributed by atoms with E-state index in [1.807, 2.05) is 25.3 Å². The number of rotatable bonds is 6. The molecule has 166 valence electrons. The summed E-state index contributed by atoms with van der Waals surface area (Å²) in [5, 5.41) is 19.5. The number of carbonyl (C=O) groups excluding carboxylic acids is 1. The molecule has 4 aromatic rings. The van der Waals surface area contributed by atoms with Gasteiger partial charge in [0.05, 0.1) is 43.0 Å². The summed E-state index contributed by atoms with van der Waals surface area (Å²) < 4.78 is 0. The van der Waals surface area contributed by atoms with Crippen LogP contribution >= 0.6 is 45.9 Å². The number of hydrogen-bond acceptors (Lipinski definition) is 8. The third kappa shape index (κ3) is 5.15. The predicted molar refractivity (Wildman–Crippen MR) is 132 cm³/mol. The molecule has 1 amide bonds. The normalized spacial score (nSPS) is 11.6. The van der Waals surface area contributed by atoms with Crippen molar-refractivity contribution in [3.8, 4) is 16.6 Å². The van der Waals surface area contributed by atoms with E-state index in [4.69, 9.17) is 23.2 Å². The van der Waals surface area contributed by atoms with E-state index in [9.17, 15) is 10.1 Å². The first-order valence-electron chi connectivity index (χ1n) is 9.63. The van der Waals surface area contributed by atoms with Gasteiger partial charge in [0, 0.05) is 17.1 Å². The molecule has 3 heterocycles. The lowest BCUT2D eigenvalue weighted by Crippen LogP contribution is -2.28. The number of aryl methyl sites for hydroxylation is 2. The molecular weight excluding hydrogens is 499 g/mol. The summed E-state index contributed by atoms with van der Waals surface area (Å²) >= 11 is 15.3. The first kappa shape index (κ1) is 23.1. The summed E-state index contributed by atoms with van der Waals surface area (Å²) in [6.45, 7) is 3.94. The topological polar surface area (TPSA) is 104 Å². The summed E-state index contributed by atoms with van der Waals surface area (Å²) in [4.78, 5) is 27.0. The van der Waals surface area contributed by atoms with E-state index >= 15 is 0 Å². The highest BCUT2D eigenvalue weighted by atomic mass is 35.5. The van der Waals surface area contributed by atoms with Gasteiger partial charge in [-0.05, 0) is 32.0 Å². The van der Waals surface area contributed by atoms with Crippen LogP contribution in [0.25, 0.3) is 10.6 Å². The van der Waals surface area contributed by atoms with Crippen LogP contribution in [0.3, 0.4) is 0 Å². The number of benzene rings is 1. The zero-order chi connectivity index (χ0) is 23.5. The van der Waals surface area contributed by atoms with Crippen molar-refractivity contribution >= 4 is 62.7 Å². The zero-order valence-electron chi connectivity index (χ0n) is 17.4. The Kier molecular flexibility index (Phi) is 6.91. The second-order valence-corrected chi connectivity index (χ2v) is 9.77. The number of pyridine rings is 1. The average Bonchev–Trinajstić information content (AvgIpc) is 3.39. The van der Waals surface area contributed by atoms with Gasteiger partial charge in [0.2, 0.25) is 0 Å². The lowest BCUT2D eigenvalue weighted by atomic mass is 10.1. The molecule has 1 atom stereocenters. The van der Waals surface area contributed by atoms with Gasteiger partial charge in [-0.2, -0.15) is 5.26 Å². The lowest BCUT2D eigenvalue weighted by molar-refractivity contribution is 0.0945. The minimum atomic E-state index is -0.950. The summed E-state index contributed by atoms with van der Waals surface area (Å²) in [5.41, 5.74) is 2.55. The quantitative estimate of drug-likeness (QED) is 0.311. The average molecular weight is 515 g/mol. The predicted octanol–water partition coefficient (Wildman–Crippen LogP) is 6.32. The maximum Gasteiger partial charge on any atom is 0.254 e. The molecule has 0 radical (unpaired) electrons. The van der Waals surface area contributed by atoms with Crippen LogP contribution in [0.1, 0.15) is 32.7 Å². The maximum atomic E-state index is 12.6. The number of carbonyl (C=O) groups is 1. The maximum absolute atomic E-state index is 12.6. The van der Waals surface area contributed by atoms with Crippen molar-refractivity contribution in [1.29, 1.82) is 5.26 Å². The van der Waals surface area contributed by atoms with Gasteiger partial charge in [-0.3, -0.25) is 4.79 Å². The van der Waals surface area contributed by atoms with Crippen LogP contribution in [-0.2, 0) is 0 Å². The third-order valence-electron chi connectivity index (χ3n) is 4.60. The Morgan fingerprint density at radius 1 is 1.18 bits per heavy atom. The lowest BCUT2D eigenvalue weighted by Gasteiger charge is -2.14. The van der Waals surface area contributed by atoms with Gasteiger partial charge < -0.3 is 10.6 Å². The first-order valence-corrected chi connectivity index (χ1v) is 12.1. The van der Waals surface area contributed by atoms with Gasteiger partial charge in [-0.1, -0.05) is 35.3 Å². The van der Waals surface area contributed by atoms with Crippen LogP contribution in [0, 0.1) is 25.2 Å². The van der Waals surface area contributed by atoms with Gasteiger partial charge in [0.1, 0.15) is 11.9 Å². The van der Waals surface area contributed by atoms with Gasteiger partial charge >= 0.3 is 0 Å². The molecule has 0 aliphatic rings. The van der Waals surface area contributed by atoms with Crippen LogP contribution in [0.15, 0.2) is 41.9 Å². The van der Waals surface area contributed by atoms with Crippen molar-refractivity contribution in [2.45, 2.75) is 19.9 Å². The number of halogens is 2. The van der Waals surface area contributed by atoms with Gasteiger partial charge in [0.15, 0.2) is 5.13 Å². The Morgan fingerprint density at radius 3 is 2.67 bits per heavy atom. The summed E-state index contributed by atoms with van der Waals surface area (Å²) in [6.07, 6.45) is 1.43. The molecule has 33 heavy (non-hydrogen) atoms. The highest BCUT2D eigenvalue weighted by Gasteiger charge is 2.19. The number of thiazole rings is 2. The molecule has 2 N–H and O–H groups in total. The van der Waals surface area contributed by atoms with Crippen LogP contribution in [0.2, 0.25) is 10.0 Å². The van der Waals surface area contributed by atoms with E-state index < -0.39 is 11.9 Å². The van der Waals surface area contributed by atoms with Gasteiger partial charge in [-0.15, -0.1) is 22.7 Å². The molecule has 0 aliphatic heterocycles. The van der Waals surface area contributed by atoms with E-state index in [-0.39, 0.29) is 5.02 Å². The van der Waals surface area contributed by atoms with E-state index in [0.717, 1.165) is 21.3 Å². The third-order valence-corrected chi connectivity index (χ3v) is 7.28. The fraction of sp³-hybridized carbons (Fsp3) is 0.136. The number of nitriles is 1. The standard InChI is InChI=1S/C22H16Cl2N6OS2/c1-11-20(33-12(2)27-11)17-10-32-22(29-17)30-18-7-6-13(9-26-18)21(31)28-16(8-25)14-4-3-5-15(23)19(14)24/h3-7,9-10,16H,1-2H3,(H,28,31)(H,26,29,30). The van der Waals surface area contributed by atoms with E-state index in [2.05, 4.69) is 25.6 Å². The summed E-state index contributed by atoms with van der Waals surface area (Å²) in [5.74, 6) is 0.0867. The number of anilines is 2. The second-order valence-electron chi connectivity index (χ2n) is 6.92. The largest absolute Gasteiger partial charge is 0.332 e. The van der Waals surface area contributed by atoms with Crippen LogP contribution in [-0.4, -0.2) is 20.9 Å². The Morgan fingerprint density at radius 2 is 2.00 bits per heavy atom. The molecular formula is C22H16Cl2N6OS2. The van der Waals surface area contributed by atoms with Crippen LogP contribution < -0.4 is 10.6 Å². The molecule has 0 saturated heterocycles. The summed E-state index contributed by atoms with van der Waals surface area (Å²) in [6, 6.07) is 9.30.